The Labute approximate surface area is 105 Å². The van der Waals surface area contributed by atoms with Gasteiger partial charge in [0, 0.05) is 0 Å². The molecule has 4 N–H and O–H groups in total. The van der Waals surface area contributed by atoms with Gasteiger partial charge in [-0.3, -0.25) is 4.79 Å². The van der Waals surface area contributed by atoms with Gasteiger partial charge in [-0.25, -0.2) is 9.78 Å². The van der Waals surface area contributed by atoms with Crippen molar-refractivity contribution in [3.8, 4) is 0 Å². The highest BCUT2D eigenvalue weighted by Crippen LogP contribution is 2.18. The average molecular weight is 251 g/mol. The number of pyridine rings is 1. The predicted octanol–water partition coefficient (Wildman–Crippen LogP) is 1.09. The van der Waals surface area contributed by atoms with Gasteiger partial charge in [0.1, 0.15) is 5.69 Å². The zero-order valence-electron chi connectivity index (χ0n) is 10.6. The largest absolute Gasteiger partial charge is 0.477 e. The number of rotatable bonds is 3. The molecule has 1 atom stereocenters. The molecule has 1 unspecified atom stereocenters. The Balaban J connectivity index is 2.74. The fourth-order valence-corrected chi connectivity index (χ4v) is 1.21. The van der Waals surface area contributed by atoms with Crippen LogP contribution in [0.2, 0.25) is 0 Å². The van der Waals surface area contributed by atoms with Crippen molar-refractivity contribution in [1.82, 2.24) is 4.98 Å². The highest BCUT2D eigenvalue weighted by atomic mass is 16.4. The van der Waals surface area contributed by atoms with Crippen LogP contribution >= 0.6 is 0 Å². The van der Waals surface area contributed by atoms with Crippen LogP contribution < -0.4 is 11.1 Å². The molecule has 1 aromatic rings. The van der Waals surface area contributed by atoms with Crippen LogP contribution in [0, 0.1) is 5.41 Å². The molecule has 98 valence electrons. The number of nitrogens with two attached hydrogens (primary N) is 1. The SMILES string of the molecule is CC(C)(C)C(N)C(=O)Nc1ccc(C(=O)O)nc1. The third-order valence-electron chi connectivity index (χ3n) is 2.47. The van der Waals surface area contributed by atoms with E-state index in [1.165, 1.54) is 18.3 Å². The number of carbonyl (C=O) groups is 2. The molecule has 0 aliphatic rings. The first-order valence-corrected chi connectivity index (χ1v) is 5.47. The number of aromatic carboxylic acids is 1. The van der Waals surface area contributed by atoms with Crippen molar-refractivity contribution < 1.29 is 14.7 Å². The molecular formula is C12H17N3O3. The Kier molecular flexibility index (Phi) is 4.03. The van der Waals surface area contributed by atoms with E-state index in [-0.39, 0.29) is 17.0 Å². The first-order chi connectivity index (χ1) is 8.21. The molecule has 0 aromatic carbocycles. The summed E-state index contributed by atoms with van der Waals surface area (Å²) in [4.78, 5) is 26.1. The van der Waals surface area contributed by atoms with Gasteiger partial charge in [-0.1, -0.05) is 20.8 Å². The van der Waals surface area contributed by atoms with Crippen molar-refractivity contribution in [2.24, 2.45) is 11.1 Å². The molecule has 0 aliphatic carbocycles. The fraction of sp³-hybridized carbons (Fsp3) is 0.417. The molecule has 6 heteroatoms. The molecule has 0 bridgehead atoms. The van der Waals surface area contributed by atoms with E-state index in [1.807, 2.05) is 20.8 Å². The van der Waals surface area contributed by atoms with Crippen molar-refractivity contribution in [3.05, 3.63) is 24.0 Å². The number of carbonyl (C=O) groups excluding carboxylic acids is 1. The zero-order chi connectivity index (χ0) is 13.9. The van der Waals surface area contributed by atoms with E-state index in [1.54, 1.807) is 0 Å². The molecule has 0 aliphatic heterocycles. The fourth-order valence-electron chi connectivity index (χ4n) is 1.21. The average Bonchev–Trinajstić information content (AvgIpc) is 2.27. The number of anilines is 1. The monoisotopic (exact) mass is 251 g/mol. The third-order valence-corrected chi connectivity index (χ3v) is 2.47. The molecular weight excluding hydrogens is 234 g/mol. The summed E-state index contributed by atoms with van der Waals surface area (Å²) in [6.45, 7) is 5.59. The first kappa shape index (κ1) is 14.1. The number of hydrogen-bond acceptors (Lipinski definition) is 4. The summed E-state index contributed by atoms with van der Waals surface area (Å²) in [5.41, 5.74) is 5.79. The lowest BCUT2D eigenvalue weighted by atomic mass is 9.87. The summed E-state index contributed by atoms with van der Waals surface area (Å²) in [5, 5.41) is 11.3. The summed E-state index contributed by atoms with van der Waals surface area (Å²) < 4.78 is 0. The van der Waals surface area contributed by atoms with Crippen molar-refractivity contribution >= 4 is 17.6 Å². The van der Waals surface area contributed by atoms with E-state index in [9.17, 15) is 9.59 Å². The minimum atomic E-state index is -1.11. The van der Waals surface area contributed by atoms with E-state index in [0.29, 0.717) is 5.69 Å². The standard InChI is InChI=1S/C12H17N3O3/c1-12(2,3)9(13)10(16)15-7-4-5-8(11(17)18)14-6-7/h4-6,9H,13H2,1-3H3,(H,15,16)(H,17,18). The maximum absolute atomic E-state index is 11.8. The maximum atomic E-state index is 11.8. The second-order valence-corrected chi connectivity index (χ2v) is 5.07. The van der Waals surface area contributed by atoms with Gasteiger partial charge in [0.15, 0.2) is 0 Å². The van der Waals surface area contributed by atoms with Crippen molar-refractivity contribution in [2.75, 3.05) is 5.32 Å². The molecule has 0 spiro atoms. The predicted molar refractivity (Wildman–Crippen MR) is 67.3 cm³/mol. The Morgan fingerprint density at radius 1 is 1.39 bits per heavy atom. The first-order valence-electron chi connectivity index (χ1n) is 5.47. The number of nitrogens with zero attached hydrogens (tertiary/aromatic N) is 1. The van der Waals surface area contributed by atoms with Crippen LogP contribution in [-0.4, -0.2) is 28.0 Å². The molecule has 1 aromatic heterocycles. The molecule has 6 nitrogen and oxygen atoms in total. The smallest absolute Gasteiger partial charge is 0.354 e. The van der Waals surface area contributed by atoms with Gasteiger partial charge < -0.3 is 16.2 Å². The number of carboxylic acid groups (broad SMARTS) is 1. The normalized spacial score (nSPS) is 12.9. The maximum Gasteiger partial charge on any atom is 0.354 e. The minimum absolute atomic E-state index is 0.0758. The summed E-state index contributed by atoms with van der Waals surface area (Å²) in [5.74, 6) is -1.44. The Bertz CT molecular complexity index is 449. The van der Waals surface area contributed by atoms with Gasteiger partial charge in [0.25, 0.3) is 0 Å². The summed E-state index contributed by atoms with van der Waals surface area (Å²) >= 11 is 0. The zero-order valence-corrected chi connectivity index (χ0v) is 10.6. The highest BCUT2D eigenvalue weighted by Gasteiger charge is 2.27. The van der Waals surface area contributed by atoms with E-state index < -0.39 is 12.0 Å². The van der Waals surface area contributed by atoms with E-state index in [4.69, 9.17) is 10.8 Å². The lowest BCUT2D eigenvalue weighted by Gasteiger charge is -2.25. The number of aromatic nitrogens is 1. The molecule has 18 heavy (non-hydrogen) atoms. The summed E-state index contributed by atoms with van der Waals surface area (Å²) in [7, 11) is 0. The highest BCUT2D eigenvalue weighted by molar-refractivity contribution is 5.95. The van der Waals surface area contributed by atoms with Gasteiger partial charge >= 0.3 is 5.97 Å². The van der Waals surface area contributed by atoms with Crippen LogP contribution in [0.4, 0.5) is 5.69 Å². The van der Waals surface area contributed by atoms with Crippen LogP contribution in [0.3, 0.4) is 0 Å². The van der Waals surface area contributed by atoms with E-state index in [0.717, 1.165) is 0 Å². The molecule has 0 radical (unpaired) electrons. The molecule has 0 fully saturated rings. The summed E-state index contributed by atoms with van der Waals surface area (Å²) in [6, 6.07) is 2.14. The van der Waals surface area contributed by atoms with Crippen LogP contribution in [-0.2, 0) is 4.79 Å². The van der Waals surface area contributed by atoms with Crippen molar-refractivity contribution in [1.29, 1.82) is 0 Å². The van der Waals surface area contributed by atoms with Crippen molar-refractivity contribution in [2.45, 2.75) is 26.8 Å². The molecule has 1 heterocycles. The van der Waals surface area contributed by atoms with E-state index >= 15 is 0 Å². The second-order valence-electron chi connectivity index (χ2n) is 5.07. The summed E-state index contributed by atoms with van der Waals surface area (Å²) in [6.07, 6.45) is 1.29. The van der Waals surface area contributed by atoms with E-state index in [2.05, 4.69) is 10.3 Å². The molecule has 0 saturated carbocycles. The third kappa shape index (κ3) is 3.53. The topological polar surface area (TPSA) is 105 Å². The quantitative estimate of drug-likeness (QED) is 0.745. The number of carboxylic acids is 1. The van der Waals surface area contributed by atoms with Gasteiger partial charge in [0.2, 0.25) is 5.91 Å². The Hall–Kier alpha value is -1.95. The molecule has 0 saturated heterocycles. The van der Waals surface area contributed by atoms with Gasteiger partial charge in [-0.2, -0.15) is 0 Å². The second kappa shape index (κ2) is 5.14. The van der Waals surface area contributed by atoms with Crippen LogP contribution in [0.25, 0.3) is 0 Å². The number of hydrogen-bond donors (Lipinski definition) is 3. The van der Waals surface area contributed by atoms with Gasteiger partial charge in [0.05, 0.1) is 17.9 Å². The number of amides is 1. The molecule has 1 amide bonds. The lowest BCUT2D eigenvalue weighted by molar-refractivity contribution is -0.119. The molecule has 1 rings (SSSR count). The van der Waals surface area contributed by atoms with Crippen molar-refractivity contribution in [3.63, 3.8) is 0 Å². The van der Waals surface area contributed by atoms with Gasteiger partial charge in [-0.15, -0.1) is 0 Å². The minimum Gasteiger partial charge on any atom is -0.477 e. The van der Waals surface area contributed by atoms with Crippen LogP contribution in [0.1, 0.15) is 31.3 Å². The van der Waals surface area contributed by atoms with Gasteiger partial charge in [-0.05, 0) is 17.5 Å². The Morgan fingerprint density at radius 2 is 2.00 bits per heavy atom. The van der Waals surface area contributed by atoms with Crippen LogP contribution in [0.5, 0.6) is 0 Å². The Morgan fingerprint density at radius 3 is 2.39 bits per heavy atom. The van der Waals surface area contributed by atoms with Crippen LogP contribution in [0.15, 0.2) is 18.3 Å². The number of nitrogens with one attached hydrogen (secondary N) is 1. The lowest BCUT2D eigenvalue weighted by Crippen LogP contribution is -2.45.